The third-order valence-electron chi connectivity index (χ3n) is 0.864. The highest BCUT2D eigenvalue weighted by Gasteiger charge is 1.87. The highest BCUT2D eigenvalue weighted by atomic mass is 32.2. The average molecular weight is 407 g/mol. The Balaban J connectivity index is -0.0000000442. The minimum Gasteiger partial charge on any atom is -0.388 e. The fraction of sp³-hybridized carbons (Fsp3) is 0.875. The molecule has 0 bridgehead atoms. The quantitative estimate of drug-likeness (QED) is 0.659. The van der Waals surface area contributed by atoms with E-state index in [-0.39, 0.29) is 11.7 Å². The van der Waals surface area contributed by atoms with E-state index in [4.69, 9.17) is 0 Å². The van der Waals surface area contributed by atoms with Crippen LogP contribution in [-0.2, 0) is 29.6 Å². The predicted octanol–water partition coefficient (Wildman–Crippen LogP) is 2.04. The standard InChI is InChI=1S/C4H9NO.C3H9N.C3H6O.C2H6O2S.C2H6O.C2H6S/c1-4(6)5(2)3;1-4(2)3;1-3(2)4;1-4-5(2)3;2*1-3-2/h1-3H3;1-3H3;1-2H3;1-2H3;2*1-2H3. The molecule has 0 saturated heterocycles. The van der Waals surface area contributed by atoms with Crippen LogP contribution in [-0.4, -0.2) is 101 Å². The summed E-state index contributed by atoms with van der Waals surface area (Å²) in [4.78, 5) is 23.0. The van der Waals surface area contributed by atoms with E-state index in [0.29, 0.717) is 0 Å². The number of carbonyl (C=O) groups is 2. The molecule has 0 aromatic carbocycles. The van der Waals surface area contributed by atoms with Gasteiger partial charge in [0.1, 0.15) is 5.78 Å². The lowest BCUT2D eigenvalue weighted by molar-refractivity contribution is -0.126. The molecule has 0 aliphatic rings. The van der Waals surface area contributed by atoms with Crippen molar-refractivity contribution in [3.63, 3.8) is 0 Å². The van der Waals surface area contributed by atoms with Crippen molar-refractivity contribution in [2.75, 3.05) is 75.3 Å². The second kappa shape index (κ2) is 38.9. The molecule has 0 aliphatic heterocycles. The minimum atomic E-state index is -1.07. The van der Waals surface area contributed by atoms with Crippen molar-refractivity contribution < 1.29 is 22.7 Å². The first-order valence-electron chi connectivity index (χ1n) is 7.15. The first-order valence-corrected chi connectivity index (χ1v) is 10.3. The molecule has 0 N–H and O–H groups in total. The Morgan fingerprint density at radius 2 is 0.960 bits per heavy atom. The fourth-order valence-corrected chi connectivity index (χ4v) is 0. The van der Waals surface area contributed by atoms with Gasteiger partial charge in [-0.05, 0) is 47.5 Å². The van der Waals surface area contributed by atoms with Crippen LogP contribution in [0.25, 0.3) is 0 Å². The van der Waals surface area contributed by atoms with Crippen molar-refractivity contribution in [3.8, 4) is 0 Å². The van der Waals surface area contributed by atoms with E-state index in [1.807, 2.05) is 38.6 Å². The summed E-state index contributed by atoms with van der Waals surface area (Å²) in [6, 6.07) is 0. The molecule has 0 aliphatic carbocycles. The van der Waals surface area contributed by atoms with Crippen molar-refractivity contribution >= 4 is 34.5 Å². The van der Waals surface area contributed by atoms with Gasteiger partial charge in [-0.15, -0.1) is 0 Å². The Kier molecular flexibility index (Phi) is 61.5. The second-order valence-corrected chi connectivity index (χ2v) is 7.00. The van der Waals surface area contributed by atoms with Gasteiger partial charge in [-0.3, -0.25) is 8.98 Å². The number of amides is 1. The van der Waals surface area contributed by atoms with Crippen LogP contribution in [0.15, 0.2) is 0 Å². The molecule has 1 unspecified atom stereocenters. The molecule has 0 saturated carbocycles. The van der Waals surface area contributed by atoms with E-state index < -0.39 is 11.1 Å². The Hall–Kier alpha value is -0.480. The Labute approximate surface area is 163 Å². The van der Waals surface area contributed by atoms with Gasteiger partial charge < -0.3 is 19.3 Å². The second-order valence-electron chi connectivity index (χ2n) is 5.05. The van der Waals surface area contributed by atoms with Crippen molar-refractivity contribution in [2.45, 2.75) is 20.8 Å². The summed E-state index contributed by atoms with van der Waals surface area (Å²) in [7, 11) is 14.1. The summed E-state index contributed by atoms with van der Waals surface area (Å²) in [6.07, 6.45) is 5.56. The molecule has 1 atom stereocenters. The van der Waals surface area contributed by atoms with Crippen LogP contribution in [0.4, 0.5) is 0 Å². The summed E-state index contributed by atoms with van der Waals surface area (Å²) in [5.41, 5.74) is 0. The number of Topliss-reactive ketones (excluding diaryl/α,β-unsaturated/α-hetero) is 1. The molecular weight excluding hydrogens is 364 g/mol. The number of ketones is 1. The predicted molar refractivity (Wildman–Crippen MR) is 114 cm³/mol. The number of hydrogen-bond acceptors (Lipinski definition) is 7. The van der Waals surface area contributed by atoms with Crippen LogP contribution in [0.5, 0.6) is 0 Å². The smallest absolute Gasteiger partial charge is 0.218 e. The molecule has 0 rings (SSSR count). The lowest BCUT2D eigenvalue weighted by Crippen LogP contribution is -2.17. The molecule has 1 amide bonds. The molecule has 0 spiro atoms. The van der Waals surface area contributed by atoms with Crippen molar-refractivity contribution in [1.29, 1.82) is 0 Å². The summed E-state index contributed by atoms with van der Waals surface area (Å²) in [5.74, 6) is 0.259. The summed E-state index contributed by atoms with van der Waals surface area (Å²) < 4.78 is 18.2. The monoisotopic (exact) mass is 406 g/mol. The zero-order valence-electron chi connectivity index (χ0n) is 18.8. The number of ether oxygens (including phenoxy) is 1. The Morgan fingerprint density at radius 1 is 0.880 bits per heavy atom. The number of nitrogens with zero attached hydrogens (tertiary/aromatic N) is 2. The van der Waals surface area contributed by atoms with Crippen LogP contribution in [0.1, 0.15) is 20.8 Å². The average Bonchev–Trinajstić information content (AvgIpc) is 2.39. The highest BCUT2D eigenvalue weighted by molar-refractivity contribution is 7.97. The Bertz CT molecular complexity index is 268. The molecule has 0 radical (unpaired) electrons. The largest absolute Gasteiger partial charge is 0.388 e. The number of thioether (sulfide) groups is 1. The van der Waals surface area contributed by atoms with Crippen LogP contribution >= 0.6 is 11.8 Å². The summed E-state index contributed by atoms with van der Waals surface area (Å²) in [6.45, 7) is 4.58. The summed E-state index contributed by atoms with van der Waals surface area (Å²) >= 11 is 0.677. The van der Waals surface area contributed by atoms with Crippen LogP contribution < -0.4 is 0 Å². The number of methoxy groups -OCH3 is 1. The van der Waals surface area contributed by atoms with Crippen LogP contribution in [0.3, 0.4) is 0 Å². The molecule has 7 nitrogen and oxygen atoms in total. The molecule has 0 heterocycles. The number of rotatable bonds is 1. The van der Waals surface area contributed by atoms with Gasteiger partial charge in [0.25, 0.3) is 0 Å². The van der Waals surface area contributed by atoms with Crippen molar-refractivity contribution in [1.82, 2.24) is 9.80 Å². The van der Waals surface area contributed by atoms with Gasteiger partial charge in [0.05, 0.1) is 7.11 Å². The normalized spacial score (nSPS) is 8.76. The maximum atomic E-state index is 10.1. The lowest BCUT2D eigenvalue weighted by Gasteiger charge is -2.02. The minimum absolute atomic E-state index is 0.0926. The molecule has 0 aromatic rings. The topological polar surface area (TPSA) is 76.2 Å². The zero-order valence-corrected chi connectivity index (χ0v) is 20.4. The SMILES string of the molecule is CC(=O)N(C)C.CC(C)=O.CN(C)C.COC.COS(C)=O.CSC. The number of hydrogen-bond donors (Lipinski definition) is 0. The molecule has 0 fully saturated rings. The van der Waals surface area contributed by atoms with Gasteiger partial charge in [0.2, 0.25) is 5.91 Å². The fourth-order valence-electron chi connectivity index (χ4n) is 0. The van der Waals surface area contributed by atoms with Gasteiger partial charge >= 0.3 is 0 Å². The van der Waals surface area contributed by atoms with E-state index >= 15 is 0 Å². The van der Waals surface area contributed by atoms with E-state index in [2.05, 4.69) is 8.92 Å². The Morgan fingerprint density at radius 3 is 0.960 bits per heavy atom. The summed E-state index contributed by atoms with van der Waals surface area (Å²) in [5, 5.41) is 0. The first kappa shape index (κ1) is 39.5. The number of carbonyl (C=O) groups excluding carboxylic acids is 2. The lowest BCUT2D eigenvalue weighted by atomic mass is 10.6. The first-order chi connectivity index (χ1) is 11.2. The third-order valence-corrected chi connectivity index (χ3v) is 1.33. The highest BCUT2D eigenvalue weighted by Crippen LogP contribution is 1.70. The van der Waals surface area contributed by atoms with Gasteiger partial charge in [0, 0.05) is 41.5 Å². The maximum absolute atomic E-state index is 10.1. The third kappa shape index (κ3) is 357. The maximum Gasteiger partial charge on any atom is 0.218 e. The molecule has 25 heavy (non-hydrogen) atoms. The van der Waals surface area contributed by atoms with Gasteiger partial charge in [-0.1, -0.05) is 0 Å². The molecule has 0 aromatic heterocycles. The van der Waals surface area contributed by atoms with E-state index in [0.717, 1.165) is 0 Å². The van der Waals surface area contributed by atoms with E-state index in [1.165, 1.54) is 39.0 Å². The zero-order chi connectivity index (χ0) is 22.0. The molecule has 9 heteroatoms. The van der Waals surface area contributed by atoms with E-state index in [1.54, 1.807) is 40.1 Å². The van der Waals surface area contributed by atoms with Gasteiger partial charge in [-0.25, -0.2) is 4.21 Å². The molecular formula is C16H42N2O5S2. The molecule has 158 valence electrons. The van der Waals surface area contributed by atoms with Gasteiger partial charge in [0.15, 0.2) is 11.1 Å². The van der Waals surface area contributed by atoms with E-state index in [9.17, 15) is 13.8 Å². The van der Waals surface area contributed by atoms with Crippen LogP contribution in [0, 0.1) is 0 Å². The van der Waals surface area contributed by atoms with Crippen LogP contribution in [0.2, 0.25) is 0 Å². The van der Waals surface area contributed by atoms with Crippen molar-refractivity contribution in [2.24, 2.45) is 0 Å². The van der Waals surface area contributed by atoms with Crippen molar-refractivity contribution in [3.05, 3.63) is 0 Å². The van der Waals surface area contributed by atoms with Gasteiger partial charge in [-0.2, -0.15) is 11.8 Å².